The van der Waals surface area contributed by atoms with Gasteiger partial charge in [-0.05, 0) is 25.8 Å². The van der Waals surface area contributed by atoms with Crippen molar-refractivity contribution >= 4 is 5.97 Å². The number of nitrogens with zero attached hydrogens (tertiary/aromatic N) is 2. The molecule has 0 amide bonds. The van der Waals surface area contributed by atoms with Crippen LogP contribution < -0.4 is 0 Å². The molecule has 1 saturated carbocycles. The standard InChI is InChI=1S/C11H16N2O2/c1-2-13-8-5-9(12-13)11(10(14)15)6-3-4-7-11/h5,8H,2-4,6-7H2,1H3,(H,14,15). The van der Waals surface area contributed by atoms with Crippen LogP contribution in [0.5, 0.6) is 0 Å². The molecular weight excluding hydrogens is 192 g/mol. The van der Waals surface area contributed by atoms with Crippen LogP contribution in [0.15, 0.2) is 12.3 Å². The molecule has 0 bridgehead atoms. The Kier molecular flexibility index (Phi) is 2.50. The second-order valence-electron chi connectivity index (χ2n) is 4.15. The summed E-state index contributed by atoms with van der Waals surface area (Å²) in [5, 5.41) is 13.7. The van der Waals surface area contributed by atoms with Gasteiger partial charge in [0.25, 0.3) is 0 Å². The molecule has 1 heterocycles. The van der Waals surface area contributed by atoms with Gasteiger partial charge in [-0.1, -0.05) is 12.8 Å². The van der Waals surface area contributed by atoms with E-state index in [0.29, 0.717) is 0 Å². The van der Waals surface area contributed by atoms with E-state index in [1.165, 1.54) is 0 Å². The maximum atomic E-state index is 11.4. The summed E-state index contributed by atoms with van der Waals surface area (Å²) in [6.07, 6.45) is 5.29. The van der Waals surface area contributed by atoms with Gasteiger partial charge in [-0.3, -0.25) is 9.48 Å². The summed E-state index contributed by atoms with van der Waals surface area (Å²) in [6, 6.07) is 1.85. The Hall–Kier alpha value is -1.32. The van der Waals surface area contributed by atoms with Crippen LogP contribution in [-0.2, 0) is 16.8 Å². The lowest BCUT2D eigenvalue weighted by Gasteiger charge is -2.20. The fourth-order valence-electron chi connectivity index (χ4n) is 2.35. The fourth-order valence-corrected chi connectivity index (χ4v) is 2.35. The Morgan fingerprint density at radius 2 is 2.27 bits per heavy atom. The van der Waals surface area contributed by atoms with Gasteiger partial charge in [0, 0.05) is 12.7 Å². The van der Waals surface area contributed by atoms with Crippen molar-refractivity contribution in [3.63, 3.8) is 0 Å². The van der Waals surface area contributed by atoms with Gasteiger partial charge in [-0.15, -0.1) is 0 Å². The zero-order valence-corrected chi connectivity index (χ0v) is 8.94. The minimum absolute atomic E-state index is 0.708. The third-order valence-corrected chi connectivity index (χ3v) is 3.32. The molecule has 0 atom stereocenters. The molecule has 15 heavy (non-hydrogen) atoms. The van der Waals surface area contributed by atoms with Gasteiger partial charge in [0.1, 0.15) is 5.41 Å². The van der Waals surface area contributed by atoms with Gasteiger partial charge >= 0.3 is 5.97 Å². The number of carboxylic acid groups (broad SMARTS) is 1. The number of aryl methyl sites for hydroxylation is 1. The molecule has 1 aliphatic rings. The predicted octanol–water partition coefficient (Wildman–Crippen LogP) is 1.80. The molecule has 1 fully saturated rings. The SMILES string of the molecule is CCn1ccc(C2(C(=O)O)CCCC2)n1. The summed E-state index contributed by atoms with van der Waals surface area (Å²) in [4.78, 5) is 11.4. The number of carbonyl (C=O) groups is 1. The Morgan fingerprint density at radius 3 is 2.73 bits per heavy atom. The van der Waals surface area contributed by atoms with Crippen molar-refractivity contribution in [2.75, 3.05) is 0 Å². The van der Waals surface area contributed by atoms with Crippen molar-refractivity contribution in [1.82, 2.24) is 9.78 Å². The van der Waals surface area contributed by atoms with Crippen LogP contribution in [0.3, 0.4) is 0 Å². The Bertz CT molecular complexity index is 364. The molecule has 1 aromatic rings. The highest BCUT2D eigenvalue weighted by Crippen LogP contribution is 2.40. The Labute approximate surface area is 88.9 Å². The highest BCUT2D eigenvalue weighted by Gasteiger charge is 2.44. The first kappa shape index (κ1) is 10.2. The van der Waals surface area contributed by atoms with Crippen LogP contribution in [0, 0.1) is 0 Å². The molecule has 1 aromatic heterocycles. The minimum Gasteiger partial charge on any atom is -0.481 e. The molecule has 4 nitrogen and oxygen atoms in total. The van der Waals surface area contributed by atoms with E-state index < -0.39 is 11.4 Å². The van der Waals surface area contributed by atoms with E-state index in [4.69, 9.17) is 0 Å². The van der Waals surface area contributed by atoms with Crippen LogP contribution in [-0.4, -0.2) is 20.9 Å². The smallest absolute Gasteiger partial charge is 0.315 e. The quantitative estimate of drug-likeness (QED) is 0.824. The molecule has 0 spiro atoms. The summed E-state index contributed by atoms with van der Waals surface area (Å²) in [6.45, 7) is 2.79. The number of hydrogen-bond acceptors (Lipinski definition) is 2. The molecule has 1 N–H and O–H groups in total. The maximum Gasteiger partial charge on any atom is 0.315 e. The fraction of sp³-hybridized carbons (Fsp3) is 0.636. The average Bonchev–Trinajstić information content (AvgIpc) is 2.87. The van der Waals surface area contributed by atoms with E-state index in [2.05, 4.69) is 5.10 Å². The largest absolute Gasteiger partial charge is 0.481 e. The number of hydrogen-bond donors (Lipinski definition) is 1. The second-order valence-corrected chi connectivity index (χ2v) is 4.15. The average molecular weight is 208 g/mol. The summed E-state index contributed by atoms with van der Waals surface area (Å²) < 4.78 is 1.79. The van der Waals surface area contributed by atoms with Crippen molar-refractivity contribution in [1.29, 1.82) is 0 Å². The van der Waals surface area contributed by atoms with Crippen molar-refractivity contribution in [2.45, 2.75) is 44.6 Å². The lowest BCUT2D eigenvalue weighted by Crippen LogP contribution is -2.33. The Balaban J connectivity index is 2.36. The first-order valence-corrected chi connectivity index (χ1v) is 5.46. The topological polar surface area (TPSA) is 55.1 Å². The van der Waals surface area contributed by atoms with Crippen LogP contribution >= 0.6 is 0 Å². The van der Waals surface area contributed by atoms with Gasteiger partial charge in [0.05, 0.1) is 5.69 Å². The van der Waals surface area contributed by atoms with Gasteiger partial charge in [0.15, 0.2) is 0 Å². The second kappa shape index (κ2) is 3.68. The number of carboxylic acids is 1. The molecular formula is C11H16N2O2. The number of aliphatic carboxylic acids is 1. The first-order valence-electron chi connectivity index (χ1n) is 5.46. The molecule has 0 saturated heterocycles. The van der Waals surface area contributed by atoms with Crippen LogP contribution in [0.4, 0.5) is 0 Å². The van der Waals surface area contributed by atoms with E-state index in [1.54, 1.807) is 4.68 Å². The summed E-state index contributed by atoms with van der Waals surface area (Å²) in [5.74, 6) is -0.721. The lowest BCUT2D eigenvalue weighted by molar-refractivity contribution is -0.143. The van der Waals surface area contributed by atoms with E-state index in [9.17, 15) is 9.90 Å². The molecule has 0 radical (unpaired) electrons. The van der Waals surface area contributed by atoms with Crippen LogP contribution in [0.1, 0.15) is 38.3 Å². The van der Waals surface area contributed by atoms with Gasteiger partial charge in [0.2, 0.25) is 0 Å². The van der Waals surface area contributed by atoms with Crippen molar-refractivity contribution < 1.29 is 9.90 Å². The van der Waals surface area contributed by atoms with Crippen molar-refractivity contribution in [2.24, 2.45) is 0 Å². The molecule has 0 aromatic carbocycles. The summed E-state index contributed by atoms with van der Waals surface area (Å²) >= 11 is 0. The monoisotopic (exact) mass is 208 g/mol. The zero-order valence-electron chi connectivity index (χ0n) is 8.94. The molecule has 0 aliphatic heterocycles. The van der Waals surface area contributed by atoms with Gasteiger partial charge < -0.3 is 5.11 Å². The summed E-state index contributed by atoms with van der Waals surface area (Å²) in [5.41, 5.74) is 0.0230. The highest BCUT2D eigenvalue weighted by molar-refractivity contribution is 5.81. The van der Waals surface area contributed by atoms with E-state index in [0.717, 1.165) is 37.9 Å². The van der Waals surface area contributed by atoms with E-state index in [-0.39, 0.29) is 0 Å². The van der Waals surface area contributed by atoms with Crippen LogP contribution in [0.2, 0.25) is 0 Å². The Morgan fingerprint density at radius 1 is 1.60 bits per heavy atom. The van der Waals surface area contributed by atoms with E-state index >= 15 is 0 Å². The lowest BCUT2D eigenvalue weighted by atomic mass is 9.83. The minimum atomic E-state index is -0.721. The third kappa shape index (κ3) is 1.54. The van der Waals surface area contributed by atoms with E-state index in [1.807, 2.05) is 19.2 Å². The van der Waals surface area contributed by atoms with Gasteiger partial charge in [-0.25, -0.2) is 0 Å². The maximum absolute atomic E-state index is 11.4. The van der Waals surface area contributed by atoms with Crippen molar-refractivity contribution in [3.05, 3.63) is 18.0 Å². The molecule has 4 heteroatoms. The molecule has 1 aliphatic carbocycles. The highest BCUT2D eigenvalue weighted by atomic mass is 16.4. The molecule has 2 rings (SSSR count). The molecule has 82 valence electrons. The molecule has 0 unspecified atom stereocenters. The third-order valence-electron chi connectivity index (χ3n) is 3.32. The van der Waals surface area contributed by atoms with Gasteiger partial charge in [-0.2, -0.15) is 5.10 Å². The van der Waals surface area contributed by atoms with Crippen molar-refractivity contribution in [3.8, 4) is 0 Å². The van der Waals surface area contributed by atoms with Crippen LogP contribution in [0.25, 0.3) is 0 Å². The zero-order chi connectivity index (χ0) is 10.9. The predicted molar refractivity (Wildman–Crippen MR) is 55.7 cm³/mol. The first-order chi connectivity index (χ1) is 7.19. The normalized spacial score (nSPS) is 19.3. The number of aromatic nitrogens is 2. The number of rotatable bonds is 3. The summed E-state index contributed by atoms with van der Waals surface area (Å²) in [7, 11) is 0.